The molecule has 2 aromatic rings. The predicted octanol–water partition coefficient (Wildman–Crippen LogP) is 0.767. The monoisotopic (exact) mass is 396 g/mol. The second kappa shape index (κ2) is 8.47. The van der Waals surface area contributed by atoms with Crippen molar-refractivity contribution in [2.45, 2.75) is 37.7 Å². The number of nitrogens with zero attached hydrogens (tertiary/aromatic N) is 3. The van der Waals surface area contributed by atoms with E-state index in [0.29, 0.717) is 52.0 Å². The van der Waals surface area contributed by atoms with Crippen molar-refractivity contribution in [2.75, 3.05) is 32.7 Å². The second-order valence-corrected chi connectivity index (χ2v) is 8.10. The summed E-state index contributed by atoms with van der Waals surface area (Å²) in [4.78, 5) is 36.0. The van der Waals surface area contributed by atoms with Crippen molar-refractivity contribution < 1.29 is 9.90 Å². The molecular weight excluding hydrogens is 368 g/mol. The lowest BCUT2D eigenvalue weighted by molar-refractivity contribution is -0.159. The summed E-state index contributed by atoms with van der Waals surface area (Å²) >= 11 is 0. The molecule has 0 bridgehead atoms. The molecule has 3 heterocycles. The molecule has 1 aromatic carbocycles. The Morgan fingerprint density at radius 3 is 2.72 bits per heavy atom. The second-order valence-electron chi connectivity index (χ2n) is 8.10. The maximum atomic E-state index is 13.1. The number of aliphatic hydroxyl groups is 1. The highest BCUT2D eigenvalue weighted by Crippen LogP contribution is 2.25. The van der Waals surface area contributed by atoms with Gasteiger partial charge in [0, 0.05) is 44.7 Å². The molecule has 0 radical (unpaired) electrons. The number of hydrogen-bond donors (Lipinski definition) is 2. The Morgan fingerprint density at radius 1 is 1.10 bits per heavy atom. The summed E-state index contributed by atoms with van der Waals surface area (Å²) in [5.41, 5.74) is 1.30. The number of amides is 1. The summed E-state index contributed by atoms with van der Waals surface area (Å²) in [6, 6.07) is 10.1. The van der Waals surface area contributed by atoms with Crippen LogP contribution in [0.1, 0.15) is 29.7 Å². The summed E-state index contributed by atoms with van der Waals surface area (Å²) in [5.74, 6) is -0.169. The molecule has 1 saturated heterocycles. The average molecular weight is 396 g/mol. The van der Waals surface area contributed by atoms with Gasteiger partial charge in [0.2, 0.25) is 0 Å². The Hall–Kier alpha value is -2.51. The van der Waals surface area contributed by atoms with Crippen LogP contribution < -0.4 is 5.56 Å². The van der Waals surface area contributed by atoms with E-state index in [0.717, 1.165) is 24.1 Å². The third-order valence-corrected chi connectivity index (χ3v) is 6.08. The van der Waals surface area contributed by atoms with Crippen molar-refractivity contribution in [3.63, 3.8) is 0 Å². The standard InChI is InChI=1S/C22H28N4O3/c27-20-18-8-12-25(13-9-19(18)23-16-24-20)15-22(29)10-4-11-26(21(22)28)14-7-17-5-2-1-3-6-17/h1-3,5-6,16,29H,4,7-15H2,(H,23,24,27)/t22-/m0/s1. The molecule has 1 amide bonds. The SMILES string of the molecule is O=C1N(CCc2ccccc2)CCC[C@]1(O)CN1CCc2nc[nH]c(=O)c2CC1. The molecule has 7 heteroatoms. The zero-order valence-corrected chi connectivity index (χ0v) is 16.6. The highest BCUT2D eigenvalue weighted by molar-refractivity contribution is 5.86. The fourth-order valence-electron chi connectivity index (χ4n) is 4.45. The number of β-amino-alcohol motifs (C(OH)–C–C–N with tert-alkyl or cyclic N) is 1. The molecule has 154 valence electrons. The smallest absolute Gasteiger partial charge is 0.255 e. The molecule has 0 aliphatic carbocycles. The van der Waals surface area contributed by atoms with Gasteiger partial charge in [-0.05, 0) is 31.2 Å². The van der Waals surface area contributed by atoms with Crippen LogP contribution in [0, 0.1) is 0 Å². The summed E-state index contributed by atoms with van der Waals surface area (Å²) in [6.45, 7) is 2.94. The van der Waals surface area contributed by atoms with Crippen LogP contribution in [0.3, 0.4) is 0 Å². The molecule has 7 nitrogen and oxygen atoms in total. The first-order chi connectivity index (χ1) is 14.0. The Bertz CT molecular complexity index is 914. The third kappa shape index (κ3) is 4.41. The fraction of sp³-hybridized carbons (Fsp3) is 0.500. The Balaban J connectivity index is 1.39. The van der Waals surface area contributed by atoms with E-state index in [9.17, 15) is 14.7 Å². The molecule has 2 N–H and O–H groups in total. The maximum absolute atomic E-state index is 13.1. The first kappa shape index (κ1) is 19.8. The molecule has 1 aromatic heterocycles. The number of carbonyl (C=O) groups excluding carboxylic acids is 1. The first-order valence-electron chi connectivity index (χ1n) is 10.4. The van der Waals surface area contributed by atoms with Crippen LogP contribution in [-0.2, 0) is 24.1 Å². The van der Waals surface area contributed by atoms with E-state index >= 15 is 0 Å². The van der Waals surface area contributed by atoms with Crippen LogP contribution in [0.15, 0.2) is 41.5 Å². The highest BCUT2D eigenvalue weighted by atomic mass is 16.3. The van der Waals surface area contributed by atoms with Crippen LogP contribution in [-0.4, -0.2) is 69.1 Å². The number of rotatable bonds is 5. The Morgan fingerprint density at radius 2 is 1.90 bits per heavy atom. The quantitative estimate of drug-likeness (QED) is 0.779. The van der Waals surface area contributed by atoms with Crippen LogP contribution in [0.25, 0.3) is 0 Å². The van der Waals surface area contributed by atoms with Gasteiger partial charge in [0.25, 0.3) is 11.5 Å². The van der Waals surface area contributed by atoms with Gasteiger partial charge in [-0.2, -0.15) is 0 Å². The maximum Gasteiger partial charge on any atom is 0.255 e. The first-order valence-corrected chi connectivity index (χ1v) is 10.4. The lowest BCUT2D eigenvalue weighted by Gasteiger charge is -2.40. The van der Waals surface area contributed by atoms with Crippen LogP contribution in [0.4, 0.5) is 0 Å². The molecule has 2 aliphatic heterocycles. The number of aromatic amines is 1. The average Bonchev–Trinajstić information content (AvgIpc) is 2.93. The molecule has 1 fully saturated rings. The van der Waals surface area contributed by atoms with Crippen molar-refractivity contribution in [3.05, 3.63) is 63.8 Å². The van der Waals surface area contributed by atoms with Gasteiger partial charge >= 0.3 is 0 Å². The van der Waals surface area contributed by atoms with Gasteiger partial charge in [-0.3, -0.25) is 14.5 Å². The minimum Gasteiger partial charge on any atom is -0.379 e. The summed E-state index contributed by atoms with van der Waals surface area (Å²) in [6.07, 6.45) is 4.75. The number of aromatic nitrogens is 2. The van der Waals surface area contributed by atoms with Gasteiger partial charge in [0.15, 0.2) is 5.60 Å². The van der Waals surface area contributed by atoms with Gasteiger partial charge in [0.1, 0.15) is 0 Å². The molecule has 0 spiro atoms. The van der Waals surface area contributed by atoms with Gasteiger partial charge < -0.3 is 15.0 Å². The number of hydrogen-bond acceptors (Lipinski definition) is 5. The largest absolute Gasteiger partial charge is 0.379 e. The third-order valence-electron chi connectivity index (χ3n) is 6.08. The van der Waals surface area contributed by atoms with Crippen molar-refractivity contribution in [3.8, 4) is 0 Å². The van der Waals surface area contributed by atoms with E-state index in [1.807, 2.05) is 18.2 Å². The van der Waals surface area contributed by atoms with Crippen LogP contribution in [0.5, 0.6) is 0 Å². The highest BCUT2D eigenvalue weighted by Gasteiger charge is 2.43. The van der Waals surface area contributed by atoms with E-state index in [1.165, 1.54) is 11.9 Å². The number of piperidine rings is 1. The van der Waals surface area contributed by atoms with Gasteiger partial charge in [-0.15, -0.1) is 0 Å². The lowest BCUT2D eigenvalue weighted by Crippen LogP contribution is -2.59. The van der Waals surface area contributed by atoms with E-state index in [4.69, 9.17) is 0 Å². The molecule has 0 saturated carbocycles. The minimum absolute atomic E-state index is 0.0867. The predicted molar refractivity (Wildman–Crippen MR) is 110 cm³/mol. The lowest BCUT2D eigenvalue weighted by atomic mass is 9.90. The zero-order chi connectivity index (χ0) is 20.3. The van der Waals surface area contributed by atoms with Crippen LogP contribution >= 0.6 is 0 Å². The molecular formula is C22H28N4O3. The number of benzene rings is 1. The van der Waals surface area contributed by atoms with Gasteiger partial charge in [0.05, 0.1) is 12.0 Å². The van der Waals surface area contributed by atoms with Crippen molar-refractivity contribution in [2.24, 2.45) is 0 Å². The van der Waals surface area contributed by atoms with Gasteiger partial charge in [-0.25, -0.2) is 4.98 Å². The fourth-order valence-corrected chi connectivity index (χ4v) is 4.45. The number of fused-ring (bicyclic) bond motifs is 1. The molecule has 0 unspecified atom stereocenters. The normalized spacial score (nSPS) is 22.9. The summed E-state index contributed by atoms with van der Waals surface area (Å²) < 4.78 is 0. The zero-order valence-electron chi connectivity index (χ0n) is 16.6. The molecule has 1 atom stereocenters. The number of carbonyl (C=O) groups is 1. The molecule has 2 aliphatic rings. The van der Waals surface area contributed by atoms with E-state index in [-0.39, 0.29) is 11.5 Å². The van der Waals surface area contributed by atoms with Crippen molar-refractivity contribution >= 4 is 5.91 Å². The minimum atomic E-state index is -1.36. The topological polar surface area (TPSA) is 89.5 Å². The van der Waals surface area contributed by atoms with E-state index in [1.54, 1.807) is 4.90 Å². The van der Waals surface area contributed by atoms with Gasteiger partial charge in [-0.1, -0.05) is 30.3 Å². The van der Waals surface area contributed by atoms with Crippen molar-refractivity contribution in [1.82, 2.24) is 19.8 Å². The number of H-pyrrole nitrogens is 1. The molecule has 4 rings (SSSR count). The Labute approximate surface area is 170 Å². The summed E-state index contributed by atoms with van der Waals surface area (Å²) in [7, 11) is 0. The van der Waals surface area contributed by atoms with E-state index < -0.39 is 5.60 Å². The van der Waals surface area contributed by atoms with E-state index in [2.05, 4.69) is 27.0 Å². The number of nitrogens with one attached hydrogen (secondary N) is 1. The van der Waals surface area contributed by atoms with Crippen molar-refractivity contribution in [1.29, 1.82) is 0 Å². The van der Waals surface area contributed by atoms with Crippen LogP contribution in [0.2, 0.25) is 0 Å². The Kier molecular flexibility index (Phi) is 5.78. The molecule has 29 heavy (non-hydrogen) atoms. The number of likely N-dealkylation sites (tertiary alicyclic amines) is 1. The summed E-state index contributed by atoms with van der Waals surface area (Å²) in [5, 5.41) is 11.2.